The molecular formula is C16H21BrO. The highest BCUT2D eigenvalue weighted by Crippen LogP contribution is 2.16. The lowest BCUT2D eigenvalue weighted by Gasteiger charge is -2.06. The SMILES string of the molecule is C=C.C=C/C(C(=O)/C(C=C)=C/C)=C(\C=C/C)CBr. The number of allylic oxidation sites excluding steroid dienone is 8. The summed E-state index contributed by atoms with van der Waals surface area (Å²) in [5, 5.41) is 0.624. The number of Topliss-reactive ketones (excluding diaryl/α,β-unsaturated/α-hetero) is 1. The van der Waals surface area contributed by atoms with Crippen molar-refractivity contribution in [1.82, 2.24) is 0 Å². The Labute approximate surface area is 119 Å². The summed E-state index contributed by atoms with van der Waals surface area (Å²) in [6, 6.07) is 0. The molecule has 0 aliphatic carbocycles. The Morgan fingerprint density at radius 1 is 1.17 bits per heavy atom. The number of carbonyl (C=O) groups excluding carboxylic acids is 1. The molecule has 0 bridgehead atoms. The Balaban J connectivity index is 0. The van der Waals surface area contributed by atoms with Gasteiger partial charge in [0.25, 0.3) is 0 Å². The van der Waals surface area contributed by atoms with Gasteiger partial charge in [-0.25, -0.2) is 0 Å². The topological polar surface area (TPSA) is 17.1 Å². The first-order valence-electron chi connectivity index (χ1n) is 5.53. The minimum atomic E-state index is -0.0416. The van der Waals surface area contributed by atoms with Crippen LogP contribution in [0.5, 0.6) is 0 Å². The summed E-state index contributed by atoms with van der Waals surface area (Å²) in [7, 11) is 0. The van der Waals surface area contributed by atoms with Gasteiger partial charge in [-0.2, -0.15) is 0 Å². The van der Waals surface area contributed by atoms with Crippen molar-refractivity contribution in [2.45, 2.75) is 13.8 Å². The molecule has 0 aromatic carbocycles. The number of hydrogen-bond donors (Lipinski definition) is 0. The number of carbonyl (C=O) groups is 1. The largest absolute Gasteiger partial charge is 0.289 e. The standard InChI is InChI=1S/C14H17BrO.C2H4/c1-5-9-12(10-15)13(8-4)14(16)11(6-2)7-3;1-2/h5-9H,2,4,10H2,1,3H3;1-2H2/b9-5-,11-7+,13-12-;. The normalized spacial score (nSPS) is 12.3. The van der Waals surface area contributed by atoms with E-state index < -0.39 is 0 Å². The number of hydrogen-bond acceptors (Lipinski definition) is 1. The van der Waals surface area contributed by atoms with Gasteiger partial charge in [0, 0.05) is 16.5 Å². The summed E-state index contributed by atoms with van der Waals surface area (Å²) in [6.07, 6.45) is 8.70. The van der Waals surface area contributed by atoms with E-state index in [1.165, 1.54) is 0 Å². The van der Waals surface area contributed by atoms with Gasteiger partial charge >= 0.3 is 0 Å². The summed E-state index contributed by atoms with van der Waals surface area (Å²) in [5.74, 6) is -0.0416. The second kappa shape index (κ2) is 12.1. The van der Waals surface area contributed by atoms with Crippen LogP contribution in [0.25, 0.3) is 0 Å². The molecule has 0 aromatic heterocycles. The molecule has 0 unspecified atom stereocenters. The fourth-order valence-corrected chi connectivity index (χ4v) is 1.76. The zero-order valence-electron chi connectivity index (χ0n) is 11.2. The fraction of sp³-hybridized carbons (Fsp3) is 0.188. The highest BCUT2D eigenvalue weighted by Gasteiger charge is 2.12. The molecular weight excluding hydrogens is 288 g/mol. The van der Waals surface area contributed by atoms with E-state index in [0.29, 0.717) is 16.5 Å². The lowest BCUT2D eigenvalue weighted by atomic mass is 9.98. The molecule has 0 saturated heterocycles. The van der Waals surface area contributed by atoms with Gasteiger partial charge in [0.1, 0.15) is 0 Å². The third-order valence-corrected chi connectivity index (χ3v) is 2.70. The molecule has 0 aromatic rings. The number of rotatable bonds is 6. The molecule has 0 aliphatic heterocycles. The van der Waals surface area contributed by atoms with E-state index in [-0.39, 0.29) is 5.78 Å². The summed E-state index contributed by atoms with van der Waals surface area (Å²) < 4.78 is 0. The van der Waals surface area contributed by atoms with Gasteiger partial charge in [-0.05, 0) is 19.4 Å². The van der Waals surface area contributed by atoms with Crippen molar-refractivity contribution in [3.63, 3.8) is 0 Å². The maximum atomic E-state index is 12.1. The Morgan fingerprint density at radius 3 is 2.00 bits per heavy atom. The van der Waals surface area contributed by atoms with Crippen LogP contribution in [0, 0.1) is 0 Å². The Morgan fingerprint density at radius 2 is 1.72 bits per heavy atom. The Hall–Kier alpha value is -1.41. The second-order valence-corrected chi connectivity index (χ2v) is 3.61. The van der Waals surface area contributed by atoms with E-state index in [2.05, 4.69) is 42.2 Å². The van der Waals surface area contributed by atoms with Gasteiger partial charge in [-0.1, -0.05) is 59.5 Å². The van der Waals surface area contributed by atoms with E-state index >= 15 is 0 Å². The van der Waals surface area contributed by atoms with Crippen molar-refractivity contribution in [3.8, 4) is 0 Å². The molecule has 18 heavy (non-hydrogen) atoms. The van der Waals surface area contributed by atoms with Crippen LogP contribution < -0.4 is 0 Å². The van der Waals surface area contributed by atoms with Crippen LogP contribution in [-0.2, 0) is 4.79 Å². The minimum absolute atomic E-state index is 0.0416. The maximum Gasteiger partial charge on any atom is 0.192 e. The number of halogens is 1. The summed E-state index contributed by atoms with van der Waals surface area (Å²) in [4.78, 5) is 12.1. The van der Waals surface area contributed by atoms with Gasteiger partial charge in [0.05, 0.1) is 0 Å². The highest BCUT2D eigenvalue weighted by molar-refractivity contribution is 9.09. The monoisotopic (exact) mass is 308 g/mol. The fourth-order valence-electron chi connectivity index (χ4n) is 1.27. The van der Waals surface area contributed by atoms with Crippen LogP contribution in [0.4, 0.5) is 0 Å². The zero-order valence-corrected chi connectivity index (χ0v) is 12.8. The van der Waals surface area contributed by atoms with Gasteiger partial charge < -0.3 is 0 Å². The van der Waals surface area contributed by atoms with Gasteiger partial charge in [-0.3, -0.25) is 4.79 Å². The van der Waals surface area contributed by atoms with E-state index in [1.807, 2.05) is 26.0 Å². The third-order valence-electron chi connectivity index (χ3n) is 2.10. The van der Waals surface area contributed by atoms with E-state index in [9.17, 15) is 4.79 Å². The van der Waals surface area contributed by atoms with Gasteiger partial charge in [-0.15, -0.1) is 13.2 Å². The molecule has 2 heteroatoms. The van der Waals surface area contributed by atoms with Gasteiger partial charge in [0.2, 0.25) is 0 Å². The first kappa shape index (κ1) is 18.9. The predicted molar refractivity (Wildman–Crippen MR) is 86.0 cm³/mol. The van der Waals surface area contributed by atoms with Crippen LogP contribution in [0.3, 0.4) is 0 Å². The van der Waals surface area contributed by atoms with Crippen molar-refractivity contribution in [3.05, 3.63) is 73.4 Å². The average Bonchev–Trinajstić information content (AvgIpc) is 2.42. The molecule has 0 amide bonds. The molecule has 0 heterocycles. The molecule has 0 atom stereocenters. The summed E-state index contributed by atoms with van der Waals surface area (Å²) in [6.45, 7) is 17.0. The van der Waals surface area contributed by atoms with E-state index in [0.717, 1.165) is 5.57 Å². The summed E-state index contributed by atoms with van der Waals surface area (Å²) in [5.41, 5.74) is 2.13. The maximum absolute atomic E-state index is 12.1. The van der Waals surface area contributed by atoms with Crippen molar-refractivity contribution in [1.29, 1.82) is 0 Å². The molecule has 0 aliphatic rings. The van der Waals surface area contributed by atoms with Crippen LogP contribution in [0.2, 0.25) is 0 Å². The first-order valence-corrected chi connectivity index (χ1v) is 6.66. The molecule has 0 N–H and O–H groups in total. The first-order chi connectivity index (χ1) is 8.65. The van der Waals surface area contributed by atoms with Crippen molar-refractivity contribution in [2.24, 2.45) is 0 Å². The Bertz CT molecular complexity index is 384. The highest BCUT2D eigenvalue weighted by atomic mass is 79.9. The van der Waals surface area contributed by atoms with Crippen LogP contribution >= 0.6 is 15.9 Å². The molecule has 98 valence electrons. The Kier molecular flexibility index (Phi) is 12.7. The van der Waals surface area contributed by atoms with Gasteiger partial charge in [0.15, 0.2) is 5.78 Å². The quantitative estimate of drug-likeness (QED) is 0.294. The zero-order chi connectivity index (χ0) is 14.6. The minimum Gasteiger partial charge on any atom is -0.289 e. The van der Waals surface area contributed by atoms with E-state index in [4.69, 9.17) is 0 Å². The van der Waals surface area contributed by atoms with Crippen molar-refractivity contribution < 1.29 is 4.79 Å². The lowest BCUT2D eigenvalue weighted by Crippen LogP contribution is -2.06. The smallest absolute Gasteiger partial charge is 0.192 e. The van der Waals surface area contributed by atoms with E-state index in [1.54, 1.807) is 18.2 Å². The molecule has 0 rings (SSSR count). The molecule has 0 spiro atoms. The second-order valence-electron chi connectivity index (χ2n) is 3.05. The number of alkyl halides is 1. The lowest BCUT2D eigenvalue weighted by molar-refractivity contribution is -0.111. The molecule has 0 fully saturated rings. The molecule has 0 radical (unpaired) electrons. The van der Waals surface area contributed by atoms with Crippen LogP contribution in [-0.4, -0.2) is 11.1 Å². The average molecular weight is 309 g/mol. The van der Waals surface area contributed by atoms with Crippen LogP contribution in [0.1, 0.15) is 13.8 Å². The summed E-state index contributed by atoms with van der Waals surface area (Å²) >= 11 is 3.37. The molecule has 1 nitrogen and oxygen atoms in total. The van der Waals surface area contributed by atoms with Crippen LogP contribution in [0.15, 0.2) is 73.4 Å². The van der Waals surface area contributed by atoms with Crippen molar-refractivity contribution >= 4 is 21.7 Å². The molecule has 0 saturated carbocycles. The van der Waals surface area contributed by atoms with Crippen molar-refractivity contribution in [2.75, 3.05) is 5.33 Å². The predicted octanol–water partition coefficient (Wildman–Crippen LogP) is 4.94. The third kappa shape index (κ3) is 5.78. The number of ketones is 1.